The average Bonchev–Trinajstić information content (AvgIpc) is 1.80. The quantitative estimate of drug-likeness (QED) is 0.434. The van der Waals surface area contributed by atoms with Gasteiger partial charge < -0.3 is 0 Å². The van der Waals surface area contributed by atoms with E-state index in [0.29, 0.717) is 13.1 Å². The second-order valence-corrected chi connectivity index (χ2v) is 2.25. The normalized spacial score (nSPS) is 22.9. The molecule has 4 heteroatoms. The van der Waals surface area contributed by atoms with Crippen molar-refractivity contribution in [2.45, 2.75) is 0 Å². The highest BCUT2D eigenvalue weighted by molar-refractivity contribution is 5.77. The number of rotatable bonds is 0. The fourth-order valence-electron chi connectivity index (χ4n) is 0.782. The summed E-state index contributed by atoms with van der Waals surface area (Å²) in [6, 6.07) is 0. The van der Waals surface area contributed by atoms with E-state index in [1.165, 1.54) is 0 Å². The summed E-state index contributed by atoms with van der Waals surface area (Å²) < 4.78 is 0. The second kappa shape index (κ2) is 2.33. The van der Waals surface area contributed by atoms with Crippen LogP contribution >= 0.6 is 0 Å². The van der Waals surface area contributed by atoms with E-state index in [9.17, 15) is 4.79 Å². The van der Waals surface area contributed by atoms with Crippen molar-refractivity contribution in [3.63, 3.8) is 0 Å². The first-order chi connectivity index (χ1) is 4.20. The van der Waals surface area contributed by atoms with Gasteiger partial charge in [0.1, 0.15) is 0 Å². The van der Waals surface area contributed by atoms with Crippen molar-refractivity contribution >= 4 is 5.91 Å². The number of hydrogen-bond acceptors (Lipinski definition) is 3. The third kappa shape index (κ3) is 1.40. The third-order valence-corrected chi connectivity index (χ3v) is 1.39. The Morgan fingerprint density at radius 2 is 2.22 bits per heavy atom. The lowest BCUT2D eigenvalue weighted by atomic mass is 10.4. The molecular formula is C5H10N2O2. The molecule has 0 bridgehead atoms. The number of likely N-dealkylation sites (N-methyl/N-ethyl adjacent to an activating group) is 1. The second-order valence-electron chi connectivity index (χ2n) is 2.25. The molecule has 4 nitrogen and oxygen atoms in total. The Hall–Kier alpha value is -0.610. The summed E-state index contributed by atoms with van der Waals surface area (Å²) in [4.78, 5) is 12.5. The molecule has 0 spiro atoms. The smallest absolute Gasteiger partial charge is 0.260 e. The molecule has 1 fully saturated rings. The molecule has 9 heavy (non-hydrogen) atoms. The predicted molar refractivity (Wildman–Crippen MR) is 31.0 cm³/mol. The van der Waals surface area contributed by atoms with E-state index in [-0.39, 0.29) is 5.91 Å². The fraction of sp³-hybridized carbons (Fsp3) is 0.800. The Labute approximate surface area is 53.6 Å². The van der Waals surface area contributed by atoms with Gasteiger partial charge in [-0.05, 0) is 7.05 Å². The van der Waals surface area contributed by atoms with Crippen molar-refractivity contribution in [3.8, 4) is 0 Å². The van der Waals surface area contributed by atoms with Gasteiger partial charge >= 0.3 is 0 Å². The van der Waals surface area contributed by atoms with Crippen LogP contribution in [0.15, 0.2) is 0 Å². The minimum atomic E-state index is -0.219. The van der Waals surface area contributed by atoms with Gasteiger partial charge in [0.2, 0.25) is 0 Å². The Morgan fingerprint density at radius 1 is 1.56 bits per heavy atom. The summed E-state index contributed by atoms with van der Waals surface area (Å²) in [5.74, 6) is -0.219. The van der Waals surface area contributed by atoms with E-state index in [0.717, 1.165) is 11.6 Å². The first kappa shape index (κ1) is 6.51. The minimum absolute atomic E-state index is 0.219. The lowest BCUT2D eigenvalue weighted by molar-refractivity contribution is -0.173. The van der Waals surface area contributed by atoms with Crippen LogP contribution in [0.3, 0.4) is 0 Å². The molecule has 0 unspecified atom stereocenters. The first-order valence-corrected chi connectivity index (χ1v) is 2.88. The zero-order valence-corrected chi connectivity index (χ0v) is 5.37. The maximum Gasteiger partial charge on any atom is 0.260 e. The Morgan fingerprint density at radius 3 is 2.67 bits per heavy atom. The molecule has 1 aliphatic rings. The predicted octanol–water partition coefficient (Wildman–Crippen LogP) is -0.850. The van der Waals surface area contributed by atoms with E-state index in [1.54, 1.807) is 0 Å². The van der Waals surface area contributed by atoms with E-state index in [1.807, 2.05) is 11.9 Å². The molecule has 1 amide bonds. The summed E-state index contributed by atoms with van der Waals surface area (Å²) in [7, 11) is 1.85. The molecule has 52 valence electrons. The highest BCUT2D eigenvalue weighted by Crippen LogP contribution is 1.95. The van der Waals surface area contributed by atoms with Crippen LogP contribution in [-0.4, -0.2) is 47.8 Å². The van der Waals surface area contributed by atoms with Crippen molar-refractivity contribution < 1.29 is 10.0 Å². The number of piperazine rings is 1. The van der Waals surface area contributed by atoms with Gasteiger partial charge in [0.05, 0.1) is 13.1 Å². The molecule has 0 aromatic heterocycles. The lowest BCUT2D eigenvalue weighted by Gasteiger charge is -2.26. The van der Waals surface area contributed by atoms with Crippen LogP contribution in [0.25, 0.3) is 0 Å². The van der Waals surface area contributed by atoms with Crippen molar-refractivity contribution in [2.24, 2.45) is 0 Å². The van der Waals surface area contributed by atoms with Crippen LogP contribution in [0.2, 0.25) is 0 Å². The molecule has 1 N–H and O–H groups in total. The van der Waals surface area contributed by atoms with Gasteiger partial charge in [-0.3, -0.25) is 14.9 Å². The number of carbonyl (C=O) groups is 1. The highest BCUT2D eigenvalue weighted by Gasteiger charge is 2.18. The summed E-state index contributed by atoms with van der Waals surface area (Å²) in [5.41, 5.74) is 0. The van der Waals surface area contributed by atoms with Crippen molar-refractivity contribution in [2.75, 3.05) is 26.7 Å². The van der Waals surface area contributed by atoms with Crippen molar-refractivity contribution in [1.29, 1.82) is 0 Å². The molecule has 0 radical (unpaired) electrons. The maximum atomic E-state index is 10.6. The number of amides is 1. The van der Waals surface area contributed by atoms with Crippen molar-refractivity contribution in [1.82, 2.24) is 9.96 Å². The van der Waals surface area contributed by atoms with Gasteiger partial charge in [0, 0.05) is 6.54 Å². The average molecular weight is 130 g/mol. The van der Waals surface area contributed by atoms with Gasteiger partial charge in [-0.25, -0.2) is 5.06 Å². The zero-order valence-electron chi connectivity index (χ0n) is 5.37. The molecule has 1 heterocycles. The van der Waals surface area contributed by atoms with Gasteiger partial charge in [-0.15, -0.1) is 0 Å². The Kier molecular flexibility index (Phi) is 1.68. The van der Waals surface area contributed by atoms with Gasteiger partial charge in [-0.2, -0.15) is 0 Å². The lowest BCUT2D eigenvalue weighted by Crippen LogP contribution is -2.46. The third-order valence-electron chi connectivity index (χ3n) is 1.39. The van der Waals surface area contributed by atoms with Crippen LogP contribution < -0.4 is 0 Å². The summed E-state index contributed by atoms with van der Waals surface area (Å²) in [6.45, 7) is 1.51. The number of carbonyl (C=O) groups excluding carboxylic acids is 1. The van der Waals surface area contributed by atoms with Crippen LogP contribution in [0.4, 0.5) is 0 Å². The van der Waals surface area contributed by atoms with Crippen LogP contribution in [0.1, 0.15) is 0 Å². The molecule has 0 aliphatic carbocycles. The molecule has 0 saturated carbocycles. The highest BCUT2D eigenvalue weighted by atomic mass is 16.5. The van der Waals surface area contributed by atoms with E-state index < -0.39 is 0 Å². The van der Waals surface area contributed by atoms with E-state index >= 15 is 0 Å². The molecular weight excluding hydrogens is 120 g/mol. The molecule has 1 rings (SSSR count). The molecule has 1 saturated heterocycles. The summed E-state index contributed by atoms with van der Waals surface area (Å²) in [5, 5.41) is 9.52. The van der Waals surface area contributed by atoms with E-state index in [4.69, 9.17) is 5.21 Å². The first-order valence-electron chi connectivity index (χ1n) is 2.88. The monoisotopic (exact) mass is 130 g/mol. The minimum Gasteiger partial charge on any atom is -0.296 e. The number of hydrogen-bond donors (Lipinski definition) is 1. The molecule has 0 aromatic carbocycles. The maximum absolute atomic E-state index is 10.6. The Balaban J connectivity index is 2.44. The largest absolute Gasteiger partial charge is 0.296 e. The molecule has 0 atom stereocenters. The van der Waals surface area contributed by atoms with Gasteiger partial charge in [0.15, 0.2) is 0 Å². The zero-order chi connectivity index (χ0) is 6.85. The van der Waals surface area contributed by atoms with Crippen LogP contribution in [0.5, 0.6) is 0 Å². The fourth-order valence-corrected chi connectivity index (χ4v) is 0.782. The standard InChI is InChI=1S/C5H10N2O2/c1-6-2-3-7(9)5(8)4-6/h9H,2-4H2,1H3. The Bertz CT molecular complexity index is 126. The topological polar surface area (TPSA) is 43.8 Å². The summed E-state index contributed by atoms with van der Waals surface area (Å²) in [6.07, 6.45) is 0. The van der Waals surface area contributed by atoms with Gasteiger partial charge in [-0.1, -0.05) is 0 Å². The molecule has 0 aromatic rings. The van der Waals surface area contributed by atoms with Gasteiger partial charge in [0.25, 0.3) is 5.91 Å². The SMILES string of the molecule is CN1CCN(O)C(=O)C1. The van der Waals surface area contributed by atoms with E-state index in [2.05, 4.69) is 0 Å². The molecule has 1 aliphatic heterocycles. The summed E-state index contributed by atoms with van der Waals surface area (Å²) >= 11 is 0. The van der Waals surface area contributed by atoms with Crippen LogP contribution in [0, 0.1) is 0 Å². The van der Waals surface area contributed by atoms with Crippen LogP contribution in [-0.2, 0) is 4.79 Å². The number of hydroxylamine groups is 2. The number of nitrogens with zero attached hydrogens (tertiary/aromatic N) is 2. The van der Waals surface area contributed by atoms with Crippen molar-refractivity contribution in [3.05, 3.63) is 0 Å².